The van der Waals surface area contributed by atoms with Gasteiger partial charge in [0.15, 0.2) is 5.78 Å². The number of aliphatic hydroxyl groups is 1. The van der Waals surface area contributed by atoms with Crippen LogP contribution in [0.25, 0.3) is 0 Å². The highest BCUT2D eigenvalue weighted by Gasteiger charge is 2.24. The van der Waals surface area contributed by atoms with E-state index in [-0.39, 0.29) is 5.78 Å². The molecule has 0 heterocycles. The number of rotatable bonds is 0. The average molecular weight is 162 g/mol. The zero-order chi connectivity index (χ0) is 8.55. The van der Waals surface area contributed by atoms with E-state index in [1.165, 1.54) is 0 Å². The first-order valence-electron chi connectivity index (χ1n) is 4.09. The summed E-state index contributed by atoms with van der Waals surface area (Å²) in [5.41, 5.74) is 1.75. The lowest BCUT2D eigenvalue weighted by atomic mass is 9.89. The summed E-state index contributed by atoms with van der Waals surface area (Å²) in [4.78, 5) is 11.4. The van der Waals surface area contributed by atoms with Crippen molar-refractivity contribution >= 4 is 5.78 Å². The van der Waals surface area contributed by atoms with Crippen molar-refractivity contribution in [1.29, 1.82) is 0 Å². The molecule has 2 rings (SSSR count). The van der Waals surface area contributed by atoms with Crippen LogP contribution in [0.4, 0.5) is 0 Å². The van der Waals surface area contributed by atoms with Crippen molar-refractivity contribution in [1.82, 2.24) is 0 Å². The van der Waals surface area contributed by atoms with Gasteiger partial charge in [0.2, 0.25) is 0 Å². The molecule has 0 spiro atoms. The Bertz CT molecular complexity index is 317. The van der Waals surface area contributed by atoms with Gasteiger partial charge in [0, 0.05) is 5.56 Å². The van der Waals surface area contributed by atoms with E-state index in [0.29, 0.717) is 12.0 Å². The molecular weight excluding hydrogens is 152 g/mol. The van der Waals surface area contributed by atoms with Crippen molar-refractivity contribution in [3.63, 3.8) is 0 Å². The zero-order valence-corrected chi connectivity index (χ0v) is 6.66. The van der Waals surface area contributed by atoms with Gasteiger partial charge in [-0.3, -0.25) is 4.79 Å². The molecule has 0 fully saturated rings. The second-order valence-corrected chi connectivity index (χ2v) is 3.08. The van der Waals surface area contributed by atoms with Gasteiger partial charge in [0.25, 0.3) is 0 Å². The van der Waals surface area contributed by atoms with Crippen LogP contribution < -0.4 is 0 Å². The number of carbonyl (C=O) groups excluding carboxylic acids is 1. The number of aliphatic hydroxyl groups excluding tert-OH is 1. The van der Waals surface area contributed by atoms with Gasteiger partial charge < -0.3 is 5.11 Å². The van der Waals surface area contributed by atoms with Gasteiger partial charge in [0.1, 0.15) is 6.10 Å². The lowest BCUT2D eigenvalue weighted by Gasteiger charge is -2.18. The standard InChI is InChI=1S/C10H10O2/c11-9-6-5-7-3-1-2-4-8(7)10(9)12/h1-4,9,11H,5-6H2. The number of benzene rings is 1. The Morgan fingerprint density at radius 3 is 2.92 bits per heavy atom. The third-order valence-corrected chi connectivity index (χ3v) is 2.27. The molecule has 1 N–H and O–H groups in total. The molecule has 1 unspecified atom stereocenters. The molecule has 1 aliphatic rings. The Labute approximate surface area is 70.8 Å². The van der Waals surface area contributed by atoms with Crippen LogP contribution in [0.15, 0.2) is 24.3 Å². The van der Waals surface area contributed by atoms with E-state index < -0.39 is 6.10 Å². The molecule has 0 saturated heterocycles. The summed E-state index contributed by atoms with van der Waals surface area (Å²) in [7, 11) is 0. The molecule has 62 valence electrons. The van der Waals surface area contributed by atoms with Crippen molar-refractivity contribution in [2.45, 2.75) is 18.9 Å². The van der Waals surface area contributed by atoms with E-state index >= 15 is 0 Å². The zero-order valence-electron chi connectivity index (χ0n) is 6.66. The molecule has 1 aliphatic carbocycles. The highest BCUT2D eigenvalue weighted by Crippen LogP contribution is 2.20. The maximum atomic E-state index is 11.4. The maximum absolute atomic E-state index is 11.4. The summed E-state index contributed by atoms with van der Waals surface area (Å²) in [6.07, 6.45) is 0.596. The fourth-order valence-electron chi connectivity index (χ4n) is 1.58. The van der Waals surface area contributed by atoms with Gasteiger partial charge in [-0.15, -0.1) is 0 Å². The molecule has 1 aromatic carbocycles. The van der Waals surface area contributed by atoms with Crippen molar-refractivity contribution in [2.75, 3.05) is 0 Å². The van der Waals surface area contributed by atoms with Crippen LogP contribution in [0.5, 0.6) is 0 Å². The summed E-state index contributed by atoms with van der Waals surface area (Å²) in [6.45, 7) is 0. The van der Waals surface area contributed by atoms with E-state index in [2.05, 4.69) is 0 Å². The van der Waals surface area contributed by atoms with Crippen molar-refractivity contribution in [2.24, 2.45) is 0 Å². The number of carbonyl (C=O) groups is 1. The minimum atomic E-state index is -0.778. The summed E-state index contributed by atoms with van der Waals surface area (Å²) < 4.78 is 0. The normalized spacial score (nSPS) is 22.1. The lowest BCUT2D eigenvalue weighted by Crippen LogP contribution is -2.26. The summed E-state index contributed by atoms with van der Waals surface area (Å²) in [5, 5.41) is 9.27. The minimum absolute atomic E-state index is 0.128. The predicted octanol–water partition coefficient (Wildman–Crippen LogP) is 1.18. The monoisotopic (exact) mass is 162 g/mol. The molecule has 12 heavy (non-hydrogen) atoms. The molecule has 2 heteroatoms. The van der Waals surface area contributed by atoms with Gasteiger partial charge in [-0.05, 0) is 18.4 Å². The molecule has 0 bridgehead atoms. The van der Waals surface area contributed by atoms with Crippen LogP contribution >= 0.6 is 0 Å². The molecule has 0 radical (unpaired) electrons. The van der Waals surface area contributed by atoms with Crippen molar-refractivity contribution in [3.05, 3.63) is 35.4 Å². The van der Waals surface area contributed by atoms with E-state index in [4.69, 9.17) is 0 Å². The van der Waals surface area contributed by atoms with E-state index in [0.717, 1.165) is 12.0 Å². The van der Waals surface area contributed by atoms with Gasteiger partial charge in [0.05, 0.1) is 0 Å². The topological polar surface area (TPSA) is 37.3 Å². The van der Waals surface area contributed by atoms with E-state index in [9.17, 15) is 9.90 Å². The van der Waals surface area contributed by atoms with Crippen LogP contribution in [0, 0.1) is 0 Å². The summed E-state index contributed by atoms with van der Waals surface area (Å²) in [6, 6.07) is 7.47. The molecule has 0 aromatic heterocycles. The minimum Gasteiger partial charge on any atom is -0.385 e. The van der Waals surface area contributed by atoms with Crippen LogP contribution in [-0.4, -0.2) is 17.0 Å². The Morgan fingerprint density at radius 2 is 2.08 bits per heavy atom. The number of hydrogen-bond acceptors (Lipinski definition) is 2. The molecule has 2 nitrogen and oxygen atoms in total. The van der Waals surface area contributed by atoms with Gasteiger partial charge in [-0.1, -0.05) is 24.3 Å². The van der Waals surface area contributed by atoms with Gasteiger partial charge in [-0.25, -0.2) is 0 Å². The summed E-state index contributed by atoms with van der Waals surface area (Å²) in [5.74, 6) is -0.128. The lowest BCUT2D eigenvalue weighted by molar-refractivity contribution is 0.0712. The molecule has 0 aliphatic heterocycles. The van der Waals surface area contributed by atoms with Gasteiger partial charge in [-0.2, -0.15) is 0 Å². The molecule has 1 atom stereocenters. The fourth-order valence-corrected chi connectivity index (χ4v) is 1.58. The van der Waals surface area contributed by atoms with Crippen molar-refractivity contribution in [3.8, 4) is 0 Å². The molecule has 0 amide bonds. The Balaban J connectivity index is 2.49. The van der Waals surface area contributed by atoms with Crippen LogP contribution in [0.1, 0.15) is 22.3 Å². The van der Waals surface area contributed by atoms with E-state index in [1.54, 1.807) is 6.07 Å². The van der Waals surface area contributed by atoms with Gasteiger partial charge >= 0.3 is 0 Å². The number of Topliss-reactive ketones (excluding diaryl/α,β-unsaturated/α-hetero) is 1. The van der Waals surface area contributed by atoms with Crippen LogP contribution in [0.3, 0.4) is 0 Å². The Morgan fingerprint density at radius 1 is 1.33 bits per heavy atom. The molecular formula is C10H10O2. The first kappa shape index (κ1) is 7.50. The van der Waals surface area contributed by atoms with E-state index in [1.807, 2.05) is 18.2 Å². The predicted molar refractivity (Wildman–Crippen MR) is 45.1 cm³/mol. The highest BCUT2D eigenvalue weighted by molar-refractivity contribution is 6.01. The summed E-state index contributed by atoms with van der Waals surface area (Å²) >= 11 is 0. The number of aryl methyl sites for hydroxylation is 1. The maximum Gasteiger partial charge on any atom is 0.191 e. The first-order chi connectivity index (χ1) is 5.79. The number of fused-ring (bicyclic) bond motifs is 1. The fraction of sp³-hybridized carbons (Fsp3) is 0.300. The number of hydrogen-bond donors (Lipinski definition) is 1. The van der Waals surface area contributed by atoms with Crippen LogP contribution in [-0.2, 0) is 6.42 Å². The third-order valence-electron chi connectivity index (χ3n) is 2.27. The Kier molecular flexibility index (Phi) is 1.70. The Hall–Kier alpha value is -1.15. The quantitative estimate of drug-likeness (QED) is 0.622. The third kappa shape index (κ3) is 1.04. The largest absolute Gasteiger partial charge is 0.385 e. The van der Waals surface area contributed by atoms with Crippen molar-refractivity contribution < 1.29 is 9.90 Å². The highest BCUT2D eigenvalue weighted by atomic mass is 16.3. The number of ketones is 1. The second kappa shape index (κ2) is 2.72. The van der Waals surface area contributed by atoms with Crippen LogP contribution in [0.2, 0.25) is 0 Å². The average Bonchev–Trinajstić information content (AvgIpc) is 2.12. The molecule has 0 saturated carbocycles. The first-order valence-corrected chi connectivity index (χ1v) is 4.09. The molecule has 1 aromatic rings. The smallest absolute Gasteiger partial charge is 0.191 e. The SMILES string of the molecule is O=C1c2ccccc2CCC1O. The second-order valence-electron chi connectivity index (χ2n) is 3.08.